The number of nitrogens with zero attached hydrogens (tertiary/aromatic N) is 2. The van der Waals surface area contributed by atoms with Gasteiger partial charge in [0.1, 0.15) is 12.1 Å². The number of unbranched alkanes of at least 4 members (excludes halogenated alkanes) is 3. The summed E-state index contributed by atoms with van der Waals surface area (Å²) in [6.45, 7) is 8.75. The van der Waals surface area contributed by atoms with Gasteiger partial charge in [-0.15, -0.1) is 6.58 Å². The number of allylic oxidation sites excluding steroid dienone is 1. The van der Waals surface area contributed by atoms with E-state index in [0.29, 0.717) is 18.8 Å². The number of hydrogen-bond acceptors (Lipinski definition) is 6. The van der Waals surface area contributed by atoms with E-state index in [4.69, 9.17) is 9.47 Å². The Kier molecular flexibility index (Phi) is 9.93. The van der Waals surface area contributed by atoms with E-state index >= 15 is 0 Å². The van der Waals surface area contributed by atoms with Crippen LogP contribution < -0.4 is 10.1 Å². The number of hydrogen-bond donors (Lipinski definition) is 1. The predicted octanol–water partition coefficient (Wildman–Crippen LogP) is 5.29. The van der Waals surface area contributed by atoms with Gasteiger partial charge in [-0.3, -0.25) is 4.79 Å². The number of benzene rings is 1. The van der Waals surface area contributed by atoms with E-state index in [1.807, 2.05) is 30.3 Å². The van der Waals surface area contributed by atoms with Gasteiger partial charge in [-0.25, -0.2) is 9.78 Å². The van der Waals surface area contributed by atoms with Gasteiger partial charge >= 0.3 is 5.97 Å². The van der Waals surface area contributed by atoms with Gasteiger partial charge in [-0.1, -0.05) is 50.1 Å². The van der Waals surface area contributed by atoms with Gasteiger partial charge in [0, 0.05) is 18.0 Å². The maximum atomic E-state index is 14.0. The highest BCUT2D eigenvalue weighted by molar-refractivity contribution is 5.89. The molecule has 7 heteroatoms. The van der Waals surface area contributed by atoms with E-state index in [1.54, 1.807) is 17.2 Å². The van der Waals surface area contributed by atoms with Crippen LogP contribution in [0.25, 0.3) is 16.8 Å². The van der Waals surface area contributed by atoms with Gasteiger partial charge in [-0.2, -0.15) is 0 Å². The number of likely N-dealkylation sites (tertiary alicyclic amines) is 1. The lowest BCUT2D eigenvalue weighted by molar-refractivity contribution is -0.152. The van der Waals surface area contributed by atoms with Crippen LogP contribution in [0.2, 0.25) is 0 Å². The van der Waals surface area contributed by atoms with Gasteiger partial charge in [0.25, 0.3) is 0 Å². The van der Waals surface area contributed by atoms with Crippen molar-refractivity contribution in [2.24, 2.45) is 5.92 Å². The summed E-state index contributed by atoms with van der Waals surface area (Å²) >= 11 is 0. The summed E-state index contributed by atoms with van der Waals surface area (Å²) in [4.78, 5) is 32.9. The SMILES string of the molecule is C=CCCCCCN[C@H](C(=O)N1C[C@H](Oc2nccc3ccc(C=C)cc23)C[C@H]1C(=O)OC)C1CCCC1. The van der Waals surface area contributed by atoms with Crippen LogP contribution in [-0.4, -0.2) is 60.1 Å². The summed E-state index contributed by atoms with van der Waals surface area (Å²) in [6.07, 6.45) is 14.0. The minimum atomic E-state index is -0.672. The first-order valence-corrected chi connectivity index (χ1v) is 14.0. The van der Waals surface area contributed by atoms with E-state index in [1.165, 1.54) is 7.11 Å². The number of methoxy groups -OCH3 is 1. The molecule has 0 bridgehead atoms. The smallest absolute Gasteiger partial charge is 0.328 e. The molecule has 4 rings (SSSR count). The monoisotopic (exact) mass is 519 g/mol. The number of rotatable bonds is 13. The van der Waals surface area contributed by atoms with Gasteiger partial charge in [0.05, 0.1) is 19.7 Å². The summed E-state index contributed by atoms with van der Waals surface area (Å²) in [5.41, 5.74) is 0.973. The van der Waals surface area contributed by atoms with Crippen molar-refractivity contribution in [3.8, 4) is 5.88 Å². The molecule has 0 spiro atoms. The van der Waals surface area contributed by atoms with Gasteiger partial charge in [0.2, 0.25) is 11.8 Å². The zero-order valence-corrected chi connectivity index (χ0v) is 22.6. The Morgan fingerprint density at radius 2 is 2.00 bits per heavy atom. The molecule has 2 aromatic rings. The largest absolute Gasteiger partial charge is 0.472 e. The lowest BCUT2D eigenvalue weighted by atomic mass is 9.96. The summed E-state index contributed by atoms with van der Waals surface area (Å²) in [5.74, 6) is 0.355. The molecule has 38 heavy (non-hydrogen) atoms. The molecule has 204 valence electrons. The number of carbonyl (C=O) groups is 2. The number of esters is 1. The first-order chi connectivity index (χ1) is 18.5. The van der Waals surface area contributed by atoms with Gasteiger partial charge in [0.15, 0.2) is 0 Å². The number of ether oxygens (including phenoxy) is 2. The van der Waals surface area contributed by atoms with E-state index in [9.17, 15) is 9.59 Å². The fraction of sp³-hybridized carbons (Fsp3) is 0.516. The molecule has 1 saturated heterocycles. The first-order valence-electron chi connectivity index (χ1n) is 14.0. The van der Waals surface area contributed by atoms with Crippen molar-refractivity contribution in [1.82, 2.24) is 15.2 Å². The Balaban J connectivity index is 1.50. The molecule has 1 amide bonds. The fourth-order valence-corrected chi connectivity index (χ4v) is 5.80. The van der Waals surface area contributed by atoms with Crippen LogP contribution in [0.15, 0.2) is 49.7 Å². The molecule has 1 aliphatic heterocycles. The molecular weight excluding hydrogens is 478 g/mol. The Bertz CT molecular complexity index is 1130. The first kappa shape index (κ1) is 27.8. The molecule has 2 heterocycles. The lowest BCUT2D eigenvalue weighted by Gasteiger charge is -2.31. The molecule has 2 aliphatic rings. The molecule has 1 aromatic heterocycles. The van der Waals surface area contributed by atoms with Crippen LogP contribution in [0.5, 0.6) is 5.88 Å². The molecule has 0 unspecified atom stereocenters. The zero-order valence-electron chi connectivity index (χ0n) is 22.6. The lowest BCUT2D eigenvalue weighted by Crippen LogP contribution is -2.53. The molecule has 1 N–H and O–H groups in total. The number of fused-ring (bicyclic) bond motifs is 1. The molecule has 7 nitrogen and oxygen atoms in total. The molecule has 1 aromatic carbocycles. The maximum absolute atomic E-state index is 14.0. The average Bonchev–Trinajstić information content (AvgIpc) is 3.62. The van der Waals surface area contributed by atoms with Gasteiger partial charge < -0.3 is 19.7 Å². The molecule has 3 atom stereocenters. The standard InChI is InChI=1S/C31H41N3O4/c1-4-6-7-8-11-17-32-28(24-12-9-10-13-24)30(35)34-21-25(20-27(34)31(36)37-3)38-29-26-19-22(5-2)14-15-23(26)16-18-33-29/h4-5,14-16,18-19,24-25,27-28,32H,1-2,6-13,17,20-21H2,3H3/t25-,27+,28+/m1/s1. The summed E-state index contributed by atoms with van der Waals surface area (Å²) in [6, 6.07) is 6.97. The molecule has 1 saturated carbocycles. The van der Waals surface area contributed by atoms with Crippen LogP contribution in [-0.2, 0) is 14.3 Å². The molecule has 0 radical (unpaired) electrons. The third kappa shape index (κ3) is 6.62. The third-order valence-corrected chi connectivity index (χ3v) is 7.87. The van der Waals surface area contributed by atoms with E-state index in [2.05, 4.69) is 23.5 Å². The van der Waals surface area contributed by atoms with Crippen molar-refractivity contribution in [2.75, 3.05) is 20.2 Å². The Labute approximate surface area is 226 Å². The van der Waals surface area contributed by atoms with Crippen LogP contribution in [0.3, 0.4) is 0 Å². The quantitative estimate of drug-likeness (QED) is 0.220. The Morgan fingerprint density at radius 3 is 2.74 bits per heavy atom. The third-order valence-electron chi connectivity index (χ3n) is 7.87. The van der Waals surface area contributed by atoms with Crippen molar-refractivity contribution >= 4 is 28.7 Å². The maximum Gasteiger partial charge on any atom is 0.328 e. The van der Waals surface area contributed by atoms with Gasteiger partial charge in [-0.05, 0) is 67.6 Å². The van der Waals surface area contributed by atoms with Crippen molar-refractivity contribution in [3.63, 3.8) is 0 Å². The highest BCUT2D eigenvalue weighted by Crippen LogP contribution is 2.32. The predicted molar refractivity (Wildman–Crippen MR) is 151 cm³/mol. The van der Waals surface area contributed by atoms with Crippen molar-refractivity contribution in [1.29, 1.82) is 0 Å². The van der Waals surface area contributed by atoms with Crippen LogP contribution in [0.1, 0.15) is 63.4 Å². The normalized spacial score (nSPS) is 20.4. The van der Waals surface area contributed by atoms with E-state index in [0.717, 1.165) is 74.2 Å². The topological polar surface area (TPSA) is 80.8 Å². The highest BCUT2D eigenvalue weighted by atomic mass is 16.5. The van der Waals surface area contributed by atoms with Crippen LogP contribution >= 0.6 is 0 Å². The number of aromatic nitrogens is 1. The molecule has 2 fully saturated rings. The number of carbonyl (C=O) groups excluding carboxylic acids is 2. The summed E-state index contributed by atoms with van der Waals surface area (Å²) in [5, 5.41) is 5.45. The number of pyridine rings is 1. The van der Waals surface area contributed by atoms with Crippen molar-refractivity contribution < 1.29 is 19.1 Å². The molecular formula is C31H41N3O4. The Hall–Kier alpha value is -3.19. The molecule has 1 aliphatic carbocycles. The minimum Gasteiger partial charge on any atom is -0.472 e. The minimum absolute atomic E-state index is 0.0238. The summed E-state index contributed by atoms with van der Waals surface area (Å²) < 4.78 is 11.5. The van der Waals surface area contributed by atoms with Crippen LogP contribution in [0, 0.1) is 5.92 Å². The Morgan fingerprint density at radius 1 is 1.18 bits per heavy atom. The number of amides is 1. The fourth-order valence-electron chi connectivity index (χ4n) is 5.80. The highest BCUT2D eigenvalue weighted by Gasteiger charge is 2.45. The summed E-state index contributed by atoms with van der Waals surface area (Å²) in [7, 11) is 1.37. The van der Waals surface area contributed by atoms with Crippen LogP contribution in [0.4, 0.5) is 0 Å². The second-order valence-corrected chi connectivity index (χ2v) is 10.4. The van der Waals surface area contributed by atoms with E-state index in [-0.39, 0.29) is 24.0 Å². The number of nitrogens with one attached hydrogen (secondary N) is 1. The van der Waals surface area contributed by atoms with Crippen molar-refractivity contribution in [2.45, 2.75) is 76.0 Å². The van der Waals surface area contributed by atoms with Crippen molar-refractivity contribution in [3.05, 3.63) is 55.3 Å². The zero-order chi connectivity index (χ0) is 26.9. The second-order valence-electron chi connectivity index (χ2n) is 10.4. The average molecular weight is 520 g/mol. The van der Waals surface area contributed by atoms with E-state index < -0.39 is 12.0 Å². The second kappa shape index (κ2) is 13.6.